The minimum absolute atomic E-state index is 0. The van der Waals surface area contributed by atoms with Crippen molar-refractivity contribution in [3.63, 3.8) is 0 Å². The molecule has 1 amide bonds. The van der Waals surface area contributed by atoms with Gasteiger partial charge in [-0.15, -0.1) is 12.4 Å². The number of carbonyl (C=O) groups excluding carboxylic acids is 1. The molecule has 1 aromatic heterocycles. The van der Waals surface area contributed by atoms with Gasteiger partial charge >= 0.3 is 0 Å². The lowest BCUT2D eigenvalue weighted by Gasteiger charge is -2.23. The summed E-state index contributed by atoms with van der Waals surface area (Å²) in [6.45, 7) is 1.84. The molecule has 2 heterocycles. The molecule has 1 atom stereocenters. The second-order valence-electron chi connectivity index (χ2n) is 5.16. The largest absolute Gasteiger partial charge is 0.347 e. The summed E-state index contributed by atoms with van der Waals surface area (Å²) in [5, 5.41) is 13.9. The van der Waals surface area contributed by atoms with E-state index in [9.17, 15) is 4.79 Å². The van der Waals surface area contributed by atoms with E-state index in [0.29, 0.717) is 16.4 Å². The van der Waals surface area contributed by atoms with Crippen molar-refractivity contribution in [3.05, 3.63) is 41.0 Å². The second kappa shape index (κ2) is 7.63. The number of hydrogen-bond donors (Lipinski definition) is 3. The Kier molecular flexibility index (Phi) is 5.83. The van der Waals surface area contributed by atoms with Crippen LogP contribution >= 0.6 is 24.0 Å². The van der Waals surface area contributed by atoms with Crippen molar-refractivity contribution in [2.75, 3.05) is 13.1 Å². The van der Waals surface area contributed by atoms with Crippen molar-refractivity contribution in [1.82, 2.24) is 20.8 Å². The highest BCUT2D eigenvalue weighted by Gasteiger charge is 2.18. The van der Waals surface area contributed by atoms with Crippen LogP contribution < -0.4 is 10.6 Å². The van der Waals surface area contributed by atoms with E-state index in [1.807, 2.05) is 18.2 Å². The van der Waals surface area contributed by atoms with Crippen molar-refractivity contribution in [2.24, 2.45) is 0 Å². The van der Waals surface area contributed by atoms with Crippen molar-refractivity contribution in [1.29, 1.82) is 0 Å². The number of rotatable bonds is 3. The number of nitrogens with one attached hydrogen (secondary N) is 3. The fraction of sp³-hybridized carbons (Fsp3) is 0.333. The van der Waals surface area contributed by atoms with E-state index in [2.05, 4.69) is 20.8 Å². The molecule has 1 unspecified atom stereocenters. The molecule has 118 valence electrons. The Morgan fingerprint density at radius 1 is 1.36 bits per heavy atom. The number of nitrogens with zero attached hydrogens (tertiary/aromatic N) is 1. The molecule has 0 bridgehead atoms. The zero-order valence-electron chi connectivity index (χ0n) is 11.9. The fourth-order valence-electron chi connectivity index (χ4n) is 2.48. The Bertz CT molecular complexity index is 638. The summed E-state index contributed by atoms with van der Waals surface area (Å²) in [5.74, 6) is -0.130. The molecule has 3 N–H and O–H groups in total. The minimum atomic E-state index is -0.130. The number of aromatic nitrogens is 2. The van der Waals surface area contributed by atoms with Crippen LogP contribution in [0.4, 0.5) is 0 Å². The number of aromatic amines is 1. The van der Waals surface area contributed by atoms with Crippen LogP contribution in [-0.2, 0) is 0 Å². The number of piperidine rings is 1. The van der Waals surface area contributed by atoms with Crippen LogP contribution in [0.2, 0.25) is 5.02 Å². The molecule has 2 aromatic rings. The van der Waals surface area contributed by atoms with Gasteiger partial charge in [-0.05, 0) is 31.5 Å². The maximum absolute atomic E-state index is 12.2. The Morgan fingerprint density at radius 2 is 2.18 bits per heavy atom. The van der Waals surface area contributed by atoms with Crippen LogP contribution in [0.15, 0.2) is 30.3 Å². The van der Waals surface area contributed by atoms with Gasteiger partial charge in [0.1, 0.15) is 5.69 Å². The molecule has 1 aliphatic rings. The third kappa shape index (κ3) is 3.80. The molecule has 0 spiro atoms. The molecule has 22 heavy (non-hydrogen) atoms. The van der Waals surface area contributed by atoms with Crippen molar-refractivity contribution < 1.29 is 4.79 Å². The predicted molar refractivity (Wildman–Crippen MR) is 89.6 cm³/mol. The van der Waals surface area contributed by atoms with E-state index in [0.717, 1.165) is 31.5 Å². The van der Waals surface area contributed by atoms with Gasteiger partial charge in [-0.3, -0.25) is 9.89 Å². The normalized spacial score (nSPS) is 17.6. The van der Waals surface area contributed by atoms with Crippen LogP contribution in [0.3, 0.4) is 0 Å². The number of amides is 1. The van der Waals surface area contributed by atoms with Gasteiger partial charge in [-0.2, -0.15) is 5.10 Å². The summed E-state index contributed by atoms with van der Waals surface area (Å²) in [4.78, 5) is 12.2. The minimum Gasteiger partial charge on any atom is -0.347 e. The molecule has 0 saturated carbocycles. The monoisotopic (exact) mass is 340 g/mol. The predicted octanol–water partition coefficient (Wildman–Crippen LogP) is 2.63. The van der Waals surface area contributed by atoms with Gasteiger partial charge < -0.3 is 10.6 Å². The van der Waals surface area contributed by atoms with E-state index >= 15 is 0 Å². The third-order valence-corrected chi connectivity index (χ3v) is 3.93. The molecule has 1 saturated heterocycles. The Balaban J connectivity index is 0.00000176. The number of benzene rings is 1. The highest BCUT2D eigenvalue weighted by Crippen LogP contribution is 2.26. The first-order valence-electron chi connectivity index (χ1n) is 7.06. The molecule has 1 fully saturated rings. The summed E-state index contributed by atoms with van der Waals surface area (Å²) >= 11 is 6.14. The average Bonchev–Trinajstić information content (AvgIpc) is 2.98. The first-order valence-corrected chi connectivity index (χ1v) is 7.44. The van der Waals surface area contributed by atoms with Gasteiger partial charge in [-0.25, -0.2) is 0 Å². The fourth-order valence-corrected chi connectivity index (χ4v) is 2.72. The van der Waals surface area contributed by atoms with Gasteiger partial charge in [0.2, 0.25) is 0 Å². The Morgan fingerprint density at radius 3 is 2.91 bits per heavy atom. The van der Waals surface area contributed by atoms with Gasteiger partial charge in [0.15, 0.2) is 0 Å². The lowest BCUT2D eigenvalue weighted by Crippen LogP contribution is -2.45. The van der Waals surface area contributed by atoms with Gasteiger partial charge in [-0.1, -0.05) is 29.8 Å². The quantitative estimate of drug-likeness (QED) is 0.804. The van der Waals surface area contributed by atoms with Crippen LogP contribution in [0.5, 0.6) is 0 Å². The molecular formula is C15H18Cl2N4O. The third-order valence-electron chi connectivity index (χ3n) is 3.60. The number of H-pyrrole nitrogens is 1. The Hall–Kier alpha value is -1.56. The lowest BCUT2D eigenvalue weighted by molar-refractivity contribution is 0.0925. The zero-order chi connectivity index (χ0) is 14.7. The summed E-state index contributed by atoms with van der Waals surface area (Å²) in [6, 6.07) is 9.35. The molecule has 5 nitrogen and oxygen atoms in total. The summed E-state index contributed by atoms with van der Waals surface area (Å²) in [5.41, 5.74) is 1.94. The van der Waals surface area contributed by atoms with Crippen molar-refractivity contribution >= 4 is 29.9 Å². The standard InChI is InChI=1S/C15H17ClN4O.ClH/c16-12-6-2-1-5-11(12)13-8-14(20-19-13)15(21)18-10-4-3-7-17-9-10;/h1-2,5-6,8,10,17H,3-4,7,9H2,(H,18,21)(H,19,20);1H. The molecular weight excluding hydrogens is 323 g/mol. The second-order valence-corrected chi connectivity index (χ2v) is 5.57. The average molecular weight is 341 g/mol. The van der Waals surface area contributed by atoms with E-state index in [1.165, 1.54) is 0 Å². The van der Waals surface area contributed by atoms with Crippen LogP contribution in [0, 0.1) is 0 Å². The number of halogens is 2. The first kappa shape index (κ1) is 16.8. The SMILES string of the molecule is Cl.O=C(NC1CCCNC1)c1cc(-c2ccccc2Cl)n[nH]1. The number of carbonyl (C=O) groups is 1. The van der Waals surface area contributed by atoms with Gasteiger partial charge in [0.05, 0.1) is 10.7 Å². The van der Waals surface area contributed by atoms with E-state index < -0.39 is 0 Å². The Labute approximate surface area is 140 Å². The topological polar surface area (TPSA) is 69.8 Å². The maximum Gasteiger partial charge on any atom is 0.269 e. The molecule has 1 aromatic carbocycles. The molecule has 3 rings (SSSR count). The number of hydrogen-bond acceptors (Lipinski definition) is 3. The van der Waals surface area contributed by atoms with Gasteiger partial charge in [0.25, 0.3) is 5.91 Å². The lowest BCUT2D eigenvalue weighted by atomic mass is 10.1. The molecule has 7 heteroatoms. The summed E-state index contributed by atoms with van der Waals surface area (Å²) in [7, 11) is 0. The molecule has 0 aliphatic carbocycles. The van der Waals surface area contributed by atoms with Crippen molar-refractivity contribution in [3.8, 4) is 11.3 Å². The maximum atomic E-state index is 12.2. The van der Waals surface area contributed by atoms with E-state index in [4.69, 9.17) is 11.6 Å². The smallest absolute Gasteiger partial charge is 0.269 e. The highest BCUT2D eigenvalue weighted by molar-refractivity contribution is 6.33. The van der Waals surface area contributed by atoms with Crippen LogP contribution in [0.1, 0.15) is 23.3 Å². The van der Waals surface area contributed by atoms with Crippen LogP contribution in [-0.4, -0.2) is 35.2 Å². The highest BCUT2D eigenvalue weighted by atomic mass is 35.5. The summed E-state index contributed by atoms with van der Waals surface area (Å²) < 4.78 is 0. The van der Waals surface area contributed by atoms with Crippen molar-refractivity contribution in [2.45, 2.75) is 18.9 Å². The zero-order valence-corrected chi connectivity index (χ0v) is 13.5. The summed E-state index contributed by atoms with van der Waals surface area (Å²) in [6.07, 6.45) is 2.09. The van der Waals surface area contributed by atoms with E-state index in [-0.39, 0.29) is 24.4 Å². The van der Waals surface area contributed by atoms with Crippen LogP contribution in [0.25, 0.3) is 11.3 Å². The van der Waals surface area contributed by atoms with Gasteiger partial charge in [0, 0.05) is 18.2 Å². The molecule has 0 radical (unpaired) electrons. The first-order chi connectivity index (χ1) is 10.2. The van der Waals surface area contributed by atoms with E-state index in [1.54, 1.807) is 12.1 Å². The molecule has 1 aliphatic heterocycles.